The number of amides is 1. The number of allylic oxidation sites excluding steroid dienone is 1. The number of hydrogen-bond donors (Lipinski definition) is 0. The lowest BCUT2D eigenvalue weighted by Gasteiger charge is -2.18. The van der Waals surface area contributed by atoms with Crippen LogP contribution in [0.25, 0.3) is 0 Å². The highest BCUT2D eigenvalue weighted by atomic mass is 32.2. The second-order valence-electron chi connectivity index (χ2n) is 6.11. The van der Waals surface area contributed by atoms with Crippen molar-refractivity contribution in [1.29, 1.82) is 0 Å². The summed E-state index contributed by atoms with van der Waals surface area (Å²) in [6.45, 7) is 9.55. The first-order chi connectivity index (χ1) is 9.68. The Hall–Kier alpha value is -1.56. The lowest BCUT2D eigenvalue weighted by atomic mass is 9.91. The van der Waals surface area contributed by atoms with Crippen LogP contribution in [0, 0.1) is 19.3 Å². The summed E-state index contributed by atoms with van der Waals surface area (Å²) in [4.78, 5) is 30.0. The molecule has 0 saturated carbocycles. The van der Waals surface area contributed by atoms with Crippen LogP contribution in [-0.2, 0) is 16.1 Å². The molecular formula is C15H20N2O3S. The molecule has 6 heteroatoms. The highest BCUT2D eigenvalue weighted by Gasteiger charge is 2.30. The van der Waals surface area contributed by atoms with E-state index in [9.17, 15) is 9.59 Å². The van der Waals surface area contributed by atoms with Gasteiger partial charge in [-0.25, -0.2) is 4.98 Å². The van der Waals surface area contributed by atoms with E-state index in [-0.39, 0.29) is 18.2 Å². The Morgan fingerprint density at radius 1 is 1.43 bits per heavy atom. The van der Waals surface area contributed by atoms with Gasteiger partial charge in [0, 0.05) is 11.5 Å². The molecule has 114 valence electrons. The zero-order valence-electron chi connectivity index (χ0n) is 13.0. The molecule has 0 unspecified atom stereocenters. The van der Waals surface area contributed by atoms with Crippen LogP contribution in [-0.4, -0.2) is 27.3 Å². The number of nitrogens with zero attached hydrogens (tertiary/aromatic N) is 2. The predicted octanol–water partition coefficient (Wildman–Crippen LogP) is 2.82. The molecule has 2 heterocycles. The molecule has 1 aliphatic rings. The number of thioether (sulfide) groups is 1. The van der Waals surface area contributed by atoms with E-state index >= 15 is 0 Å². The molecule has 0 aliphatic carbocycles. The van der Waals surface area contributed by atoms with E-state index in [2.05, 4.69) is 4.98 Å². The van der Waals surface area contributed by atoms with Gasteiger partial charge in [0.1, 0.15) is 12.3 Å². The Bertz CT molecular complexity index is 591. The summed E-state index contributed by atoms with van der Waals surface area (Å²) in [6.07, 6.45) is 1.55. The van der Waals surface area contributed by atoms with Crippen LogP contribution in [0.1, 0.15) is 38.1 Å². The third-order valence-corrected chi connectivity index (χ3v) is 4.30. The summed E-state index contributed by atoms with van der Waals surface area (Å²) < 4.78 is 5.52. The van der Waals surface area contributed by atoms with Crippen LogP contribution < -0.4 is 0 Å². The summed E-state index contributed by atoms with van der Waals surface area (Å²) in [5, 5.41) is 0.674. The second kappa shape index (κ2) is 5.67. The summed E-state index contributed by atoms with van der Waals surface area (Å²) in [6, 6.07) is 0. The predicted molar refractivity (Wildman–Crippen MR) is 81.5 cm³/mol. The molecule has 1 aromatic rings. The van der Waals surface area contributed by atoms with Gasteiger partial charge < -0.3 is 4.42 Å². The zero-order valence-corrected chi connectivity index (χ0v) is 13.8. The number of rotatable bonds is 3. The quantitative estimate of drug-likeness (QED) is 0.803. The Morgan fingerprint density at radius 2 is 2.10 bits per heavy atom. The molecule has 0 aromatic carbocycles. The summed E-state index contributed by atoms with van der Waals surface area (Å²) in [7, 11) is 0. The minimum atomic E-state index is -0.457. The van der Waals surface area contributed by atoms with Crippen molar-refractivity contribution in [2.45, 2.75) is 41.2 Å². The smallest absolute Gasteiger partial charge is 0.238 e. The number of ketones is 1. The van der Waals surface area contributed by atoms with Gasteiger partial charge in [-0.15, -0.1) is 0 Å². The summed E-state index contributed by atoms with van der Waals surface area (Å²) >= 11 is 1.38. The van der Waals surface area contributed by atoms with Crippen LogP contribution in [0.5, 0.6) is 0 Å². The molecule has 21 heavy (non-hydrogen) atoms. The van der Waals surface area contributed by atoms with Gasteiger partial charge in [-0.1, -0.05) is 32.5 Å². The third kappa shape index (κ3) is 3.56. The maximum absolute atomic E-state index is 12.1. The Kier molecular flexibility index (Phi) is 4.27. The fourth-order valence-corrected chi connectivity index (χ4v) is 2.71. The van der Waals surface area contributed by atoms with Crippen molar-refractivity contribution in [3.05, 3.63) is 28.4 Å². The topological polar surface area (TPSA) is 63.4 Å². The molecule has 1 aliphatic heterocycles. The van der Waals surface area contributed by atoms with E-state index in [0.29, 0.717) is 16.7 Å². The number of hydrogen-bond acceptors (Lipinski definition) is 5. The van der Waals surface area contributed by atoms with Crippen molar-refractivity contribution in [3.63, 3.8) is 0 Å². The largest absolute Gasteiger partial charge is 0.444 e. The molecule has 5 nitrogen and oxygen atoms in total. The van der Waals surface area contributed by atoms with Gasteiger partial charge in [0.05, 0.1) is 16.5 Å². The molecule has 2 rings (SSSR count). The Balaban J connectivity index is 2.21. The maximum atomic E-state index is 12.1. The Morgan fingerprint density at radius 3 is 2.62 bits per heavy atom. The van der Waals surface area contributed by atoms with Crippen molar-refractivity contribution in [1.82, 2.24) is 9.88 Å². The average Bonchev–Trinajstić information content (AvgIpc) is 2.85. The van der Waals surface area contributed by atoms with Gasteiger partial charge in [0.25, 0.3) is 0 Å². The molecule has 1 aromatic heterocycles. The fraction of sp³-hybridized carbons (Fsp3) is 0.533. The standard InChI is InChI=1S/C15H20N2O3S/c1-9-10(2)20-12(16-9)7-17-13(19)8-21-14(17)6-11(18)15(3,4)5/h6H,7-8H2,1-5H3. The van der Waals surface area contributed by atoms with Crippen LogP contribution in [0.2, 0.25) is 0 Å². The number of carbonyl (C=O) groups excluding carboxylic acids is 2. The highest BCUT2D eigenvalue weighted by Crippen LogP contribution is 2.32. The van der Waals surface area contributed by atoms with E-state index in [1.54, 1.807) is 11.0 Å². The lowest BCUT2D eigenvalue weighted by Crippen LogP contribution is -2.26. The number of aromatic nitrogens is 1. The Labute approximate surface area is 128 Å². The first kappa shape index (κ1) is 15.8. The minimum absolute atomic E-state index is 0.00413. The molecule has 1 saturated heterocycles. The molecule has 1 fully saturated rings. The molecule has 0 atom stereocenters. The third-order valence-electron chi connectivity index (χ3n) is 3.27. The number of oxazole rings is 1. The molecular weight excluding hydrogens is 288 g/mol. The van der Waals surface area contributed by atoms with Crippen LogP contribution in [0.15, 0.2) is 15.5 Å². The van der Waals surface area contributed by atoms with Gasteiger partial charge >= 0.3 is 0 Å². The highest BCUT2D eigenvalue weighted by molar-refractivity contribution is 8.04. The van der Waals surface area contributed by atoms with E-state index < -0.39 is 5.41 Å². The lowest BCUT2D eigenvalue weighted by molar-refractivity contribution is -0.126. The minimum Gasteiger partial charge on any atom is -0.444 e. The summed E-state index contributed by atoms with van der Waals surface area (Å²) in [5.41, 5.74) is 0.363. The summed E-state index contributed by atoms with van der Waals surface area (Å²) in [5.74, 6) is 1.57. The van der Waals surface area contributed by atoms with Crippen molar-refractivity contribution in [2.75, 3.05) is 5.75 Å². The fourth-order valence-electron chi connectivity index (χ4n) is 1.77. The van der Waals surface area contributed by atoms with Crippen molar-refractivity contribution >= 4 is 23.5 Å². The van der Waals surface area contributed by atoms with Gasteiger partial charge in [0.2, 0.25) is 11.8 Å². The van der Waals surface area contributed by atoms with Crippen molar-refractivity contribution in [2.24, 2.45) is 5.41 Å². The SMILES string of the molecule is Cc1nc(CN2C(=O)CSC2=CC(=O)C(C)(C)C)oc1C. The molecule has 0 radical (unpaired) electrons. The van der Waals surface area contributed by atoms with Gasteiger partial charge in [-0.3, -0.25) is 14.5 Å². The average molecular weight is 308 g/mol. The zero-order chi connectivity index (χ0) is 15.8. The first-order valence-electron chi connectivity index (χ1n) is 6.80. The van der Waals surface area contributed by atoms with Crippen LogP contribution in [0.3, 0.4) is 0 Å². The van der Waals surface area contributed by atoms with Crippen molar-refractivity contribution in [3.8, 4) is 0 Å². The first-order valence-corrected chi connectivity index (χ1v) is 7.79. The van der Waals surface area contributed by atoms with Crippen LogP contribution >= 0.6 is 11.8 Å². The maximum Gasteiger partial charge on any atom is 0.238 e. The van der Waals surface area contributed by atoms with Gasteiger partial charge in [-0.05, 0) is 13.8 Å². The number of carbonyl (C=O) groups is 2. The second-order valence-corrected chi connectivity index (χ2v) is 7.11. The van der Waals surface area contributed by atoms with Gasteiger partial charge in [0.15, 0.2) is 5.78 Å². The monoisotopic (exact) mass is 308 g/mol. The van der Waals surface area contributed by atoms with Crippen molar-refractivity contribution < 1.29 is 14.0 Å². The van der Waals surface area contributed by atoms with E-state index in [1.165, 1.54) is 11.8 Å². The van der Waals surface area contributed by atoms with Crippen LogP contribution in [0.4, 0.5) is 0 Å². The van der Waals surface area contributed by atoms with E-state index in [4.69, 9.17) is 4.42 Å². The number of aryl methyl sites for hydroxylation is 2. The van der Waals surface area contributed by atoms with Gasteiger partial charge in [-0.2, -0.15) is 0 Å². The van der Waals surface area contributed by atoms with E-state index in [0.717, 1.165) is 11.5 Å². The molecule has 0 spiro atoms. The van der Waals surface area contributed by atoms with E-state index in [1.807, 2.05) is 34.6 Å². The molecule has 1 amide bonds. The normalized spacial score (nSPS) is 17.9. The molecule has 0 bridgehead atoms. The molecule has 0 N–H and O–H groups in total.